The van der Waals surface area contributed by atoms with Crippen molar-refractivity contribution in [2.75, 3.05) is 0 Å². The average molecular weight is 366 g/mol. The highest BCUT2D eigenvalue weighted by Crippen LogP contribution is 2.30. The van der Waals surface area contributed by atoms with Gasteiger partial charge in [-0.1, -0.05) is 24.3 Å². The molecule has 4 rings (SSSR count). The first kappa shape index (κ1) is 17.0. The lowest BCUT2D eigenvalue weighted by Crippen LogP contribution is -2.34. The molecule has 2 heterocycles. The van der Waals surface area contributed by atoms with E-state index in [2.05, 4.69) is 40.1 Å². The minimum atomic E-state index is -0.343. The molecule has 1 N–H and O–H groups in total. The highest BCUT2D eigenvalue weighted by Gasteiger charge is 2.23. The van der Waals surface area contributed by atoms with E-state index in [-0.39, 0.29) is 18.0 Å². The highest BCUT2D eigenvalue weighted by atomic mass is 32.1. The third kappa shape index (κ3) is 3.44. The second-order valence-electron chi connectivity index (χ2n) is 6.85. The average Bonchev–Trinajstić information content (AvgIpc) is 3.38. The molecule has 0 radical (unpaired) electrons. The quantitative estimate of drug-likeness (QED) is 0.733. The van der Waals surface area contributed by atoms with Crippen molar-refractivity contribution in [2.45, 2.75) is 44.7 Å². The molecule has 3 aromatic rings. The molecule has 2 aromatic heterocycles. The number of aromatic nitrogens is 2. The second kappa shape index (κ2) is 7.46. The fourth-order valence-corrected chi connectivity index (χ4v) is 4.40. The summed E-state index contributed by atoms with van der Waals surface area (Å²) in [5, 5.41) is 9.50. The van der Waals surface area contributed by atoms with Gasteiger partial charge in [0.1, 0.15) is 6.04 Å². The summed E-state index contributed by atoms with van der Waals surface area (Å²) in [7, 11) is 0. The van der Waals surface area contributed by atoms with Crippen LogP contribution in [-0.2, 0) is 17.6 Å². The molecular weight excluding hydrogens is 342 g/mol. The Morgan fingerprint density at radius 1 is 1.19 bits per heavy atom. The van der Waals surface area contributed by atoms with Gasteiger partial charge in [-0.25, -0.2) is 0 Å². The SMILES string of the molecule is C[C@H](C(=O)N[C@H](c1ccc2c(c1)CCCC2)c1cccs1)n1cccn1. The molecule has 0 saturated carbocycles. The van der Waals surface area contributed by atoms with E-state index in [0.717, 1.165) is 16.9 Å². The molecule has 0 bridgehead atoms. The van der Waals surface area contributed by atoms with Gasteiger partial charge in [-0.15, -0.1) is 11.3 Å². The number of carbonyl (C=O) groups excluding carboxylic acids is 1. The maximum Gasteiger partial charge on any atom is 0.245 e. The molecule has 1 aliphatic rings. The number of carbonyl (C=O) groups is 1. The summed E-state index contributed by atoms with van der Waals surface area (Å²) < 4.78 is 1.69. The zero-order valence-electron chi connectivity index (χ0n) is 14.9. The summed E-state index contributed by atoms with van der Waals surface area (Å²) in [6.07, 6.45) is 8.36. The third-order valence-corrected chi connectivity index (χ3v) is 6.06. The predicted molar refractivity (Wildman–Crippen MR) is 104 cm³/mol. The van der Waals surface area contributed by atoms with Crippen LogP contribution in [0.2, 0.25) is 0 Å². The third-order valence-electron chi connectivity index (χ3n) is 5.12. The summed E-state index contributed by atoms with van der Waals surface area (Å²) in [5.74, 6) is -0.0233. The smallest absolute Gasteiger partial charge is 0.245 e. The summed E-state index contributed by atoms with van der Waals surface area (Å²) in [6.45, 7) is 1.88. The lowest BCUT2D eigenvalue weighted by molar-refractivity contribution is -0.124. The molecule has 134 valence electrons. The van der Waals surface area contributed by atoms with Gasteiger partial charge in [0, 0.05) is 17.3 Å². The first-order chi connectivity index (χ1) is 12.7. The number of hydrogen-bond donors (Lipinski definition) is 1. The Kier molecular flexibility index (Phi) is 4.89. The Hall–Kier alpha value is -2.40. The van der Waals surface area contributed by atoms with Gasteiger partial charge in [0.25, 0.3) is 0 Å². The predicted octanol–water partition coefficient (Wildman–Crippen LogP) is 4.29. The Labute approximate surface area is 157 Å². The number of rotatable bonds is 5. The molecular formula is C21H23N3OS. The van der Waals surface area contributed by atoms with Crippen molar-refractivity contribution < 1.29 is 4.79 Å². The van der Waals surface area contributed by atoms with Gasteiger partial charge in [-0.2, -0.15) is 5.10 Å². The number of hydrogen-bond acceptors (Lipinski definition) is 3. The van der Waals surface area contributed by atoms with Crippen LogP contribution in [0.1, 0.15) is 53.4 Å². The van der Waals surface area contributed by atoms with Gasteiger partial charge < -0.3 is 5.32 Å². The molecule has 0 aliphatic heterocycles. The lowest BCUT2D eigenvalue weighted by atomic mass is 9.89. The zero-order chi connectivity index (χ0) is 17.9. The number of aryl methyl sites for hydroxylation is 2. The molecule has 0 unspecified atom stereocenters. The topological polar surface area (TPSA) is 46.9 Å². The first-order valence-electron chi connectivity index (χ1n) is 9.17. The molecule has 1 aliphatic carbocycles. The molecule has 5 heteroatoms. The van der Waals surface area contributed by atoms with Crippen molar-refractivity contribution in [1.29, 1.82) is 0 Å². The fraction of sp³-hybridized carbons (Fsp3) is 0.333. The molecule has 2 atom stereocenters. The van der Waals surface area contributed by atoms with Gasteiger partial charge in [0.15, 0.2) is 0 Å². The molecule has 26 heavy (non-hydrogen) atoms. The fourth-order valence-electron chi connectivity index (χ4n) is 3.60. The molecule has 1 amide bonds. The molecule has 0 fully saturated rings. The Balaban J connectivity index is 1.62. The molecule has 1 aromatic carbocycles. The van der Waals surface area contributed by atoms with E-state index in [1.807, 2.05) is 25.3 Å². The normalized spacial score (nSPS) is 15.9. The number of amides is 1. The van der Waals surface area contributed by atoms with Gasteiger partial charge in [0.2, 0.25) is 5.91 Å². The van der Waals surface area contributed by atoms with Gasteiger partial charge in [-0.05, 0) is 66.8 Å². The summed E-state index contributed by atoms with van der Waals surface area (Å²) >= 11 is 1.68. The molecule has 0 spiro atoms. The van der Waals surface area contributed by atoms with Gasteiger partial charge in [0.05, 0.1) is 6.04 Å². The van der Waals surface area contributed by atoms with Crippen molar-refractivity contribution in [3.63, 3.8) is 0 Å². The Morgan fingerprint density at radius 3 is 2.77 bits per heavy atom. The molecule has 0 saturated heterocycles. The number of nitrogens with one attached hydrogen (secondary N) is 1. The van der Waals surface area contributed by atoms with E-state index < -0.39 is 0 Å². The van der Waals surface area contributed by atoms with Crippen LogP contribution in [0, 0.1) is 0 Å². The van der Waals surface area contributed by atoms with Crippen LogP contribution in [0.3, 0.4) is 0 Å². The number of nitrogens with zero attached hydrogens (tertiary/aromatic N) is 2. The van der Waals surface area contributed by atoms with Crippen molar-refractivity contribution in [3.05, 3.63) is 75.7 Å². The van der Waals surface area contributed by atoms with Gasteiger partial charge >= 0.3 is 0 Å². The van der Waals surface area contributed by atoms with Crippen LogP contribution in [0.5, 0.6) is 0 Å². The van der Waals surface area contributed by atoms with E-state index >= 15 is 0 Å². The van der Waals surface area contributed by atoms with E-state index in [1.165, 1.54) is 30.4 Å². The van der Waals surface area contributed by atoms with Crippen LogP contribution < -0.4 is 5.32 Å². The number of fused-ring (bicyclic) bond motifs is 1. The largest absolute Gasteiger partial charge is 0.343 e. The van der Waals surface area contributed by atoms with Gasteiger partial charge in [-0.3, -0.25) is 9.48 Å². The van der Waals surface area contributed by atoms with Crippen molar-refractivity contribution in [3.8, 4) is 0 Å². The van der Waals surface area contributed by atoms with Crippen molar-refractivity contribution >= 4 is 17.2 Å². The van der Waals surface area contributed by atoms with Crippen LogP contribution in [0.15, 0.2) is 54.2 Å². The molecule has 4 nitrogen and oxygen atoms in total. The Morgan fingerprint density at radius 2 is 2.04 bits per heavy atom. The lowest BCUT2D eigenvalue weighted by Gasteiger charge is -2.23. The van der Waals surface area contributed by atoms with Crippen LogP contribution in [0.4, 0.5) is 0 Å². The first-order valence-corrected chi connectivity index (χ1v) is 10.0. The van der Waals surface area contributed by atoms with Crippen molar-refractivity contribution in [2.24, 2.45) is 0 Å². The highest BCUT2D eigenvalue weighted by molar-refractivity contribution is 7.10. The van der Waals surface area contributed by atoms with Crippen LogP contribution >= 0.6 is 11.3 Å². The van der Waals surface area contributed by atoms with Crippen LogP contribution in [-0.4, -0.2) is 15.7 Å². The standard InChI is InChI=1S/C21H23N3OS/c1-15(24-12-5-11-22-24)21(25)23-20(19-8-4-13-26-19)18-10-9-16-6-2-3-7-17(16)14-18/h4-5,8-15,20H,2-3,6-7H2,1H3,(H,23,25)/t15-,20-/m1/s1. The maximum absolute atomic E-state index is 12.8. The van der Waals surface area contributed by atoms with E-state index in [4.69, 9.17) is 0 Å². The van der Waals surface area contributed by atoms with E-state index in [0.29, 0.717) is 0 Å². The summed E-state index contributed by atoms with van der Waals surface area (Å²) in [4.78, 5) is 14.0. The van der Waals surface area contributed by atoms with Crippen molar-refractivity contribution in [1.82, 2.24) is 15.1 Å². The zero-order valence-corrected chi connectivity index (χ0v) is 15.7. The minimum Gasteiger partial charge on any atom is -0.343 e. The maximum atomic E-state index is 12.8. The van der Waals surface area contributed by atoms with E-state index in [9.17, 15) is 4.79 Å². The summed E-state index contributed by atoms with van der Waals surface area (Å²) in [5.41, 5.74) is 4.06. The van der Waals surface area contributed by atoms with E-state index in [1.54, 1.807) is 22.2 Å². The Bertz CT molecular complexity index is 871. The second-order valence-corrected chi connectivity index (χ2v) is 7.83. The monoisotopic (exact) mass is 365 g/mol. The van der Waals surface area contributed by atoms with Crippen LogP contribution in [0.25, 0.3) is 0 Å². The number of benzene rings is 1. The number of thiophene rings is 1. The summed E-state index contributed by atoms with van der Waals surface area (Å²) in [6, 6.07) is 12.2. The minimum absolute atomic E-state index is 0.0233.